The highest BCUT2D eigenvalue weighted by Crippen LogP contribution is 2.38. The Bertz CT molecular complexity index is 423. The largest absolute Gasteiger partial charge is 0.312 e. The molecule has 48 valence electrons. The standard InChI is InChI=1S/C9H7N/c1-6-2-3-8-7(4-6)9-5-10(8)9/h2-5H,1H3. The van der Waals surface area contributed by atoms with E-state index in [1.54, 1.807) is 0 Å². The lowest BCUT2D eigenvalue weighted by Crippen LogP contribution is -1.87. The summed E-state index contributed by atoms with van der Waals surface area (Å²) in [6, 6.07) is 6.57. The van der Waals surface area contributed by atoms with Crippen molar-refractivity contribution >= 4 is 10.9 Å². The number of aromatic nitrogens is 1. The Hall–Kier alpha value is -1.24. The minimum atomic E-state index is 1.35. The summed E-state index contributed by atoms with van der Waals surface area (Å²) in [6.45, 7) is 2.13. The topological polar surface area (TPSA) is 4.93 Å². The van der Waals surface area contributed by atoms with Crippen molar-refractivity contribution in [3.63, 3.8) is 0 Å². The number of benzene rings is 1. The van der Waals surface area contributed by atoms with E-state index in [-0.39, 0.29) is 0 Å². The molecule has 2 aliphatic heterocycles. The van der Waals surface area contributed by atoms with Gasteiger partial charge in [0.15, 0.2) is 0 Å². The van der Waals surface area contributed by atoms with E-state index in [1.165, 1.54) is 22.2 Å². The number of hydrogen-bond acceptors (Lipinski definition) is 0. The van der Waals surface area contributed by atoms with E-state index in [4.69, 9.17) is 0 Å². The molecule has 0 spiro atoms. The van der Waals surface area contributed by atoms with Crippen LogP contribution in [-0.2, 0) is 0 Å². The molecule has 0 fully saturated rings. The second kappa shape index (κ2) is 1.12. The van der Waals surface area contributed by atoms with Crippen molar-refractivity contribution in [2.75, 3.05) is 0 Å². The lowest BCUT2D eigenvalue weighted by Gasteiger charge is -2.04. The lowest BCUT2D eigenvalue weighted by atomic mass is 10.1. The normalized spacial score (nSPS) is 12.5. The molecule has 1 heteroatoms. The number of rotatable bonds is 0. The van der Waals surface area contributed by atoms with Crippen LogP contribution < -0.4 is 0 Å². The van der Waals surface area contributed by atoms with Gasteiger partial charge >= 0.3 is 0 Å². The molecule has 0 bridgehead atoms. The van der Waals surface area contributed by atoms with Gasteiger partial charge in [-0.1, -0.05) is 11.6 Å². The molecule has 0 aromatic heterocycles. The van der Waals surface area contributed by atoms with Crippen LogP contribution in [0.4, 0.5) is 0 Å². The molecule has 1 nitrogen and oxygen atoms in total. The summed E-state index contributed by atoms with van der Waals surface area (Å²) >= 11 is 0. The fourth-order valence-corrected chi connectivity index (χ4v) is 1.50. The maximum absolute atomic E-state index is 2.24. The van der Waals surface area contributed by atoms with Crippen LogP contribution in [0.3, 0.4) is 0 Å². The lowest BCUT2D eigenvalue weighted by molar-refractivity contribution is 1.29. The maximum atomic E-state index is 2.24. The molecule has 0 amide bonds. The average molecular weight is 129 g/mol. The van der Waals surface area contributed by atoms with Crippen LogP contribution in [0.25, 0.3) is 16.6 Å². The quantitative estimate of drug-likeness (QED) is 0.438. The first kappa shape index (κ1) is 4.56. The zero-order chi connectivity index (χ0) is 6.72. The fourth-order valence-electron chi connectivity index (χ4n) is 1.50. The van der Waals surface area contributed by atoms with Crippen LogP contribution >= 0.6 is 0 Å². The summed E-state index contributed by atoms with van der Waals surface area (Å²) in [4.78, 5) is 0. The van der Waals surface area contributed by atoms with Gasteiger partial charge < -0.3 is 4.57 Å². The Morgan fingerprint density at radius 1 is 1.30 bits per heavy atom. The Kier molecular flexibility index (Phi) is 0.512. The van der Waals surface area contributed by atoms with E-state index in [0.717, 1.165) is 0 Å². The van der Waals surface area contributed by atoms with E-state index in [2.05, 4.69) is 35.9 Å². The van der Waals surface area contributed by atoms with Gasteiger partial charge in [-0.05, 0) is 19.1 Å². The van der Waals surface area contributed by atoms with Crippen LogP contribution in [0, 0.1) is 6.92 Å². The highest BCUT2D eigenvalue weighted by Gasteiger charge is 2.21. The highest BCUT2D eigenvalue weighted by molar-refractivity contribution is 6.00. The van der Waals surface area contributed by atoms with E-state index >= 15 is 0 Å². The van der Waals surface area contributed by atoms with Gasteiger partial charge in [0.25, 0.3) is 0 Å². The van der Waals surface area contributed by atoms with Gasteiger partial charge in [-0.15, -0.1) is 0 Å². The molecule has 10 heavy (non-hydrogen) atoms. The summed E-state index contributed by atoms with van der Waals surface area (Å²) in [5, 5.41) is 1.43. The minimum absolute atomic E-state index is 1.35. The summed E-state index contributed by atoms with van der Waals surface area (Å²) in [5.74, 6) is 0. The average Bonchev–Trinajstić information content (AvgIpc) is 2.60. The molecule has 1 aromatic rings. The molecule has 3 rings (SSSR count). The molecular formula is C9H7N. The van der Waals surface area contributed by atoms with Crippen molar-refractivity contribution in [1.82, 2.24) is 4.57 Å². The van der Waals surface area contributed by atoms with Gasteiger partial charge in [0.1, 0.15) is 0 Å². The molecule has 1 aromatic carbocycles. The fraction of sp³-hybridized carbons (Fsp3) is 0.111. The third kappa shape index (κ3) is 0.338. The zero-order valence-electron chi connectivity index (χ0n) is 5.76. The van der Waals surface area contributed by atoms with Crippen molar-refractivity contribution in [3.8, 4) is 5.69 Å². The van der Waals surface area contributed by atoms with E-state index in [9.17, 15) is 0 Å². The number of nitrogens with zero attached hydrogens (tertiary/aromatic N) is 1. The molecule has 0 N–H and O–H groups in total. The first-order chi connectivity index (χ1) is 4.86. The number of fused-ring (bicyclic) bond motifs is 4. The molecule has 2 heterocycles. The van der Waals surface area contributed by atoms with Gasteiger partial charge in [0, 0.05) is 11.6 Å². The highest BCUT2D eigenvalue weighted by atomic mass is 15.1. The second-order valence-electron chi connectivity index (χ2n) is 2.90. The third-order valence-corrected chi connectivity index (χ3v) is 2.13. The first-order valence-corrected chi connectivity index (χ1v) is 3.48. The van der Waals surface area contributed by atoms with E-state index in [0.29, 0.717) is 0 Å². The summed E-state index contributed by atoms with van der Waals surface area (Å²) in [7, 11) is 0. The zero-order valence-corrected chi connectivity index (χ0v) is 5.76. The van der Waals surface area contributed by atoms with Gasteiger partial charge in [0.2, 0.25) is 0 Å². The number of aryl methyl sites for hydroxylation is 1. The van der Waals surface area contributed by atoms with E-state index in [1.807, 2.05) is 0 Å². The number of hydrogen-bond donors (Lipinski definition) is 0. The van der Waals surface area contributed by atoms with Crippen LogP contribution in [0.5, 0.6) is 0 Å². The monoisotopic (exact) mass is 129 g/mol. The van der Waals surface area contributed by atoms with Crippen molar-refractivity contribution in [3.05, 3.63) is 30.0 Å². The van der Waals surface area contributed by atoms with E-state index < -0.39 is 0 Å². The Labute approximate surface area is 58.9 Å². The molecule has 0 atom stereocenters. The SMILES string of the molecule is Cc1ccc2c(c1)c1cn2-1. The maximum Gasteiger partial charge on any atom is 0.0717 e. The Morgan fingerprint density at radius 3 is 3.10 bits per heavy atom. The molecule has 0 unspecified atom stereocenters. The molecule has 0 saturated carbocycles. The van der Waals surface area contributed by atoms with Crippen LogP contribution in [0.2, 0.25) is 0 Å². The van der Waals surface area contributed by atoms with Gasteiger partial charge in [-0.25, -0.2) is 0 Å². The minimum Gasteiger partial charge on any atom is -0.312 e. The Balaban J connectivity index is 2.55. The van der Waals surface area contributed by atoms with Crippen LogP contribution in [0.15, 0.2) is 24.4 Å². The van der Waals surface area contributed by atoms with Crippen LogP contribution in [-0.4, -0.2) is 4.57 Å². The molecule has 2 aliphatic rings. The predicted octanol–water partition coefficient (Wildman–Crippen LogP) is 2.25. The van der Waals surface area contributed by atoms with Gasteiger partial charge in [-0.2, -0.15) is 0 Å². The van der Waals surface area contributed by atoms with Crippen molar-refractivity contribution in [1.29, 1.82) is 0 Å². The Morgan fingerprint density at radius 2 is 2.20 bits per heavy atom. The molecule has 0 aliphatic carbocycles. The first-order valence-electron chi connectivity index (χ1n) is 3.48. The smallest absolute Gasteiger partial charge is 0.0717 e. The summed E-state index contributed by atoms with van der Waals surface area (Å²) < 4.78 is 2.22. The van der Waals surface area contributed by atoms with Crippen molar-refractivity contribution < 1.29 is 0 Å². The molecular weight excluding hydrogens is 122 g/mol. The predicted molar refractivity (Wildman–Crippen MR) is 41.6 cm³/mol. The molecule has 0 radical (unpaired) electrons. The van der Waals surface area contributed by atoms with Crippen molar-refractivity contribution in [2.45, 2.75) is 6.92 Å². The van der Waals surface area contributed by atoms with Gasteiger partial charge in [0.05, 0.1) is 11.2 Å². The summed E-state index contributed by atoms with van der Waals surface area (Å²) in [5.41, 5.74) is 4.14. The summed E-state index contributed by atoms with van der Waals surface area (Å²) in [6.07, 6.45) is 2.17. The van der Waals surface area contributed by atoms with Crippen LogP contribution in [0.1, 0.15) is 5.56 Å². The van der Waals surface area contributed by atoms with Gasteiger partial charge in [-0.3, -0.25) is 0 Å². The second-order valence-corrected chi connectivity index (χ2v) is 2.90. The third-order valence-electron chi connectivity index (χ3n) is 2.13. The van der Waals surface area contributed by atoms with Crippen molar-refractivity contribution in [2.24, 2.45) is 0 Å². The molecule has 0 saturated heterocycles.